The third-order valence-corrected chi connectivity index (χ3v) is 4.00. The molecule has 2 fully saturated rings. The average Bonchev–Trinajstić information content (AvgIpc) is 2.88. The van der Waals surface area contributed by atoms with Crippen LogP contribution in [-0.2, 0) is 18.9 Å². The van der Waals surface area contributed by atoms with Crippen LogP contribution in [0.25, 0.3) is 0 Å². The number of fused-ring (bicyclic) bond motifs is 2. The number of amides is 1. The van der Waals surface area contributed by atoms with Crippen LogP contribution in [0.1, 0.15) is 33.6 Å². The number of carbonyl (C=O) groups excluding carboxylic acids is 1. The van der Waals surface area contributed by atoms with Crippen molar-refractivity contribution in [1.82, 2.24) is 4.90 Å². The number of hydrogen-bond acceptors (Lipinski definition) is 5. The molecule has 0 spiro atoms. The second kappa shape index (κ2) is 6.18. The van der Waals surface area contributed by atoms with Crippen LogP contribution in [-0.4, -0.2) is 61.4 Å². The lowest BCUT2D eigenvalue weighted by molar-refractivity contribution is -0.0600. The van der Waals surface area contributed by atoms with E-state index in [-0.39, 0.29) is 24.5 Å². The van der Waals surface area contributed by atoms with Crippen LogP contribution in [0.5, 0.6) is 0 Å². The summed E-state index contributed by atoms with van der Waals surface area (Å²) in [5.74, 6) is 0. The molecule has 22 heavy (non-hydrogen) atoms. The smallest absolute Gasteiger partial charge is 0.411 e. The Morgan fingerprint density at radius 3 is 2.68 bits per heavy atom. The molecule has 1 amide bonds. The molecule has 0 radical (unpaired) electrons. The molecule has 0 aromatic rings. The number of carbonyl (C=O) groups is 1. The zero-order valence-electron chi connectivity index (χ0n) is 13.5. The molecule has 0 N–H and O–H groups in total. The number of ether oxygens (including phenoxy) is 4. The summed E-state index contributed by atoms with van der Waals surface area (Å²) in [6, 6.07) is -0.0197. The van der Waals surface area contributed by atoms with Crippen LogP contribution in [0.4, 0.5) is 4.79 Å². The third-order valence-electron chi connectivity index (χ3n) is 4.00. The highest BCUT2D eigenvalue weighted by Gasteiger charge is 2.40. The zero-order chi connectivity index (χ0) is 15.7. The van der Waals surface area contributed by atoms with Gasteiger partial charge in [0.15, 0.2) is 6.29 Å². The van der Waals surface area contributed by atoms with Gasteiger partial charge in [-0.3, -0.25) is 4.90 Å². The van der Waals surface area contributed by atoms with E-state index in [1.54, 1.807) is 0 Å². The molecule has 6 heteroatoms. The molecular formula is C16H25NO5. The highest BCUT2D eigenvalue weighted by Crippen LogP contribution is 2.31. The van der Waals surface area contributed by atoms with E-state index < -0.39 is 5.60 Å². The Bertz CT molecular complexity index is 450. The summed E-state index contributed by atoms with van der Waals surface area (Å²) in [4.78, 5) is 14.3. The topological polar surface area (TPSA) is 57.2 Å². The van der Waals surface area contributed by atoms with Gasteiger partial charge in [0.25, 0.3) is 0 Å². The standard InChI is InChI=1S/C16H25NO5/c1-16(2,3)22-15(18)17-12-6-11(7-13(17)10-19-9-12)8-14-20-4-5-21-14/h6,12-14H,4-5,7-10H2,1-3H3. The van der Waals surface area contributed by atoms with Crippen molar-refractivity contribution in [2.75, 3.05) is 26.4 Å². The van der Waals surface area contributed by atoms with E-state index in [1.165, 1.54) is 5.57 Å². The lowest BCUT2D eigenvalue weighted by Gasteiger charge is -2.44. The minimum Gasteiger partial charge on any atom is -0.444 e. The summed E-state index contributed by atoms with van der Waals surface area (Å²) in [5, 5.41) is 0. The minimum atomic E-state index is -0.484. The number of hydrogen-bond donors (Lipinski definition) is 0. The van der Waals surface area contributed by atoms with Crippen molar-refractivity contribution in [2.45, 2.75) is 57.6 Å². The first-order valence-electron chi connectivity index (χ1n) is 7.94. The fraction of sp³-hybridized carbons (Fsp3) is 0.812. The first kappa shape index (κ1) is 15.8. The molecule has 3 aliphatic heterocycles. The second-order valence-electron chi connectivity index (χ2n) is 7.05. The van der Waals surface area contributed by atoms with Gasteiger partial charge in [-0.15, -0.1) is 0 Å². The van der Waals surface area contributed by atoms with Crippen molar-refractivity contribution < 1.29 is 23.7 Å². The van der Waals surface area contributed by atoms with E-state index in [2.05, 4.69) is 6.08 Å². The quantitative estimate of drug-likeness (QED) is 0.731. The van der Waals surface area contributed by atoms with Crippen molar-refractivity contribution in [3.8, 4) is 0 Å². The van der Waals surface area contributed by atoms with Crippen LogP contribution >= 0.6 is 0 Å². The molecule has 3 heterocycles. The Balaban J connectivity index is 1.69. The molecule has 124 valence electrons. The Hall–Kier alpha value is -1.11. The highest BCUT2D eigenvalue weighted by atomic mass is 16.7. The van der Waals surface area contributed by atoms with Gasteiger partial charge in [-0.05, 0) is 27.2 Å². The third kappa shape index (κ3) is 3.62. The predicted octanol–water partition coefficient (Wildman–Crippen LogP) is 2.08. The molecule has 2 unspecified atom stereocenters. The summed E-state index contributed by atoms with van der Waals surface area (Å²) in [7, 11) is 0. The largest absolute Gasteiger partial charge is 0.444 e. The number of rotatable bonds is 2. The Kier molecular flexibility index (Phi) is 4.43. The maximum absolute atomic E-state index is 12.4. The Morgan fingerprint density at radius 1 is 1.32 bits per heavy atom. The van der Waals surface area contributed by atoms with Gasteiger partial charge < -0.3 is 18.9 Å². The maximum atomic E-state index is 12.4. The lowest BCUT2D eigenvalue weighted by Crippen LogP contribution is -2.57. The zero-order valence-corrected chi connectivity index (χ0v) is 13.5. The summed E-state index contributed by atoms with van der Waals surface area (Å²) >= 11 is 0. The molecule has 3 aliphatic rings. The molecule has 0 aliphatic carbocycles. The second-order valence-corrected chi connectivity index (χ2v) is 7.05. The van der Waals surface area contributed by atoms with Crippen LogP contribution in [0.2, 0.25) is 0 Å². The number of morpholine rings is 1. The van der Waals surface area contributed by atoms with E-state index in [9.17, 15) is 4.79 Å². The molecule has 0 saturated carbocycles. The van der Waals surface area contributed by atoms with Gasteiger partial charge in [0.1, 0.15) is 5.60 Å². The van der Waals surface area contributed by atoms with Crippen molar-refractivity contribution in [1.29, 1.82) is 0 Å². The van der Waals surface area contributed by atoms with Crippen molar-refractivity contribution >= 4 is 6.09 Å². The van der Waals surface area contributed by atoms with E-state index in [4.69, 9.17) is 18.9 Å². The van der Waals surface area contributed by atoms with Crippen LogP contribution < -0.4 is 0 Å². The van der Waals surface area contributed by atoms with E-state index in [1.807, 2.05) is 25.7 Å². The average molecular weight is 311 g/mol. The molecular weight excluding hydrogens is 286 g/mol. The Labute approximate surface area is 131 Å². The SMILES string of the molecule is CC(C)(C)OC(=O)N1C2C=C(CC3OCCO3)CC1COC2. The highest BCUT2D eigenvalue weighted by molar-refractivity contribution is 5.70. The van der Waals surface area contributed by atoms with Gasteiger partial charge in [-0.25, -0.2) is 4.79 Å². The number of nitrogens with zero attached hydrogens (tertiary/aromatic N) is 1. The predicted molar refractivity (Wildman–Crippen MR) is 79.5 cm³/mol. The maximum Gasteiger partial charge on any atom is 0.411 e. The summed E-state index contributed by atoms with van der Waals surface area (Å²) < 4.78 is 22.2. The summed E-state index contributed by atoms with van der Waals surface area (Å²) in [6.45, 7) is 8.06. The molecule has 2 atom stereocenters. The fourth-order valence-electron chi connectivity index (χ4n) is 3.17. The molecule has 3 rings (SSSR count). The van der Waals surface area contributed by atoms with E-state index in [0.29, 0.717) is 26.4 Å². The first-order valence-corrected chi connectivity index (χ1v) is 7.94. The van der Waals surface area contributed by atoms with Crippen molar-refractivity contribution in [3.63, 3.8) is 0 Å². The van der Waals surface area contributed by atoms with Crippen molar-refractivity contribution in [3.05, 3.63) is 11.6 Å². The van der Waals surface area contributed by atoms with Crippen LogP contribution in [0.3, 0.4) is 0 Å². The van der Waals surface area contributed by atoms with Crippen LogP contribution in [0, 0.1) is 0 Å². The van der Waals surface area contributed by atoms with Gasteiger partial charge in [0, 0.05) is 6.42 Å². The van der Waals surface area contributed by atoms with Gasteiger partial charge in [-0.2, -0.15) is 0 Å². The molecule has 0 aromatic carbocycles. The molecule has 2 bridgehead atoms. The monoisotopic (exact) mass is 311 g/mol. The normalized spacial score (nSPS) is 29.4. The van der Waals surface area contributed by atoms with Gasteiger partial charge in [0.2, 0.25) is 0 Å². The van der Waals surface area contributed by atoms with Gasteiger partial charge >= 0.3 is 6.09 Å². The van der Waals surface area contributed by atoms with Crippen LogP contribution in [0.15, 0.2) is 11.6 Å². The summed E-state index contributed by atoms with van der Waals surface area (Å²) in [5.41, 5.74) is 0.798. The van der Waals surface area contributed by atoms with Gasteiger partial charge in [0.05, 0.1) is 38.5 Å². The first-order chi connectivity index (χ1) is 10.4. The molecule has 6 nitrogen and oxygen atoms in total. The Morgan fingerprint density at radius 2 is 2.05 bits per heavy atom. The van der Waals surface area contributed by atoms with Gasteiger partial charge in [-0.1, -0.05) is 11.6 Å². The van der Waals surface area contributed by atoms with Crippen molar-refractivity contribution in [2.24, 2.45) is 0 Å². The summed E-state index contributed by atoms with van der Waals surface area (Å²) in [6.07, 6.45) is 3.29. The van der Waals surface area contributed by atoms with E-state index in [0.717, 1.165) is 12.8 Å². The minimum absolute atomic E-state index is 0.0370. The molecule has 0 aromatic heterocycles. The molecule has 2 saturated heterocycles. The fourth-order valence-corrected chi connectivity index (χ4v) is 3.17. The lowest BCUT2D eigenvalue weighted by atomic mass is 9.92. The van der Waals surface area contributed by atoms with E-state index >= 15 is 0 Å².